The van der Waals surface area contributed by atoms with Crippen LogP contribution in [0, 0.1) is 0 Å². The molecule has 0 saturated carbocycles. The van der Waals surface area contributed by atoms with Crippen LogP contribution in [0.15, 0.2) is 36.7 Å². The molecule has 1 aromatic heterocycles. The number of rotatable bonds is 6. The summed E-state index contributed by atoms with van der Waals surface area (Å²) in [6, 6.07) is 7.90. The molecule has 0 bridgehead atoms. The van der Waals surface area contributed by atoms with Crippen LogP contribution in [0.4, 0.5) is 13.2 Å². The fraction of sp³-hybridized carbons (Fsp3) is 0.429. The SMILES string of the molecule is Cn1cnc(CCNC(CC(F)(F)F)c2ccccc2)n1. The number of nitrogens with one attached hydrogen (secondary N) is 1. The Morgan fingerprint density at radius 3 is 2.52 bits per heavy atom. The number of hydrogen-bond donors (Lipinski definition) is 1. The molecular formula is C14H17F3N4. The fourth-order valence-corrected chi connectivity index (χ4v) is 2.08. The molecule has 0 amide bonds. The summed E-state index contributed by atoms with van der Waals surface area (Å²) in [4.78, 5) is 4.05. The third-order valence-corrected chi connectivity index (χ3v) is 3.02. The van der Waals surface area contributed by atoms with E-state index in [4.69, 9.17) is 0 Å². The molecule has 0 aliphatic heterocycles. The molecule has 1 N–H and O–H groups in total. The number of aryl methyl sites for hydroxylation is 1. The second-order valence-electron chi connectivity index (χ2n) is 4.82. The van der Waals surface area contributed by atoms with Crippen molar-refractivity contribution < 1.29 is 13.2 Å². The summed E-state index contributed by atoms with van der Waals surface area (Å²) < 4.78 is 39.6. The van der Waals surface area contributed by atoms with Gasteiger partial charge in [0.2, 0.25) is 0 Å². The molecule has 1 heterocycles. The van der Waals surface area contributed by atoms with E-state index in [1.165, 1.54) is 0 Å². The van der Waals surface area contributed by atoms with Crippen LogP contribution in [0.2, 0.25) is 0 Å². The first kappa shape index (κ1) is 15.5. The zero-order valence-corrected chi connectivity index (χ0v) is 11.6. The average molecular weight is 298 g/mol. The van der Waals surface area contributed by atoms with Crippen molar-refractivity contribution in [2.75, 3.05) is 6.54 Å². The lowest BCUT2D eigenvalue weighted by atomic mass is 10.0. The van der Waals surface area contributed by atoms with Gasteiger partial charge in [0.1, 0.15) is 6.33 Å². The standard InChI is InChI=1S/C14H17F3N4/c1-21-10-19-13(20-21)7-8-18-12(9-14(15,16)17)11-5-3-2-4-6-11/h2-6,10,12,18H,7-9H2,1H3. The van der Waals surface area contributed by atoms with Gasteiger partial charge >= 0.3 is 6.18 Å². The van der Waals surface area contributed by atoms with Gasteiger partial charge in [-0.05, 0) is 5.56 Å². The molecule has 0 aliphatic carbocycles. The Hall–Kier alpha value is -1.89. The molecule has 0 aliphatic rings. The highest BCUT2D eigenvalue weighted by Gasteiger charge is 2.32. The van der Waals surface area contributed by atoms with E-state index in [9.17, 15) is 13.2 Å². The number of aromatic nitrogens is 3. The van der Waals surface area contributed by atoms with E-state index < -0.39 is 18.6 Å². The minimum atomic E-state index is -4.21. The van der Waals surface area contributed by atoms with Crippen molar-refractivity contribution in [3.8, 4) is 0 Å². The van der Waals surface area contributed by atoms with E-state index in [1.54, 1.807) is 48.4 Å². The van der Waals surface area contributed by atoms with Crippen molar-refractivity contribution in [1.82, 2.24) is 20.1 Å². The van der Waals surface area contributed by atoms with Crippen LogP contribution in [-0.4, -0.2) is 27.5 Å². The van der Waals surface area contributed by atoms with E-state index >= 15 is 0 Å². The molecule has 0 spiro atoms. The van der Waals surface area contributed by atoms with Crippen molar-refractivity contribution in [2.24, 2.45) is 7.05 Å². The Labute approximate surface area is 121 Å². The van der Waals surface area contributed by atoms with Crippen LogP contribution in [0.25, 0.3) is 0 Å². The maximum absolute atomic E-state index is 12.7. The molecule has 1 atom stereocenters. The minimum Gasteiger partial charge on any atom is -0.309 e. The predicted octanol–water partition coefficient (Wildman–Crippen LogP) is 2.64. The number of benzene rings is 1. The number of nitrogens with zero attached hydrogens (tertiary/aromatic N) is 3. The number of hydrogen-bond acceptors (Lipinski definition) is 3. The molecule has 7 heteroatoms. The zero-order valence-electron chi connectivity index (χ0n) is 11.6. The first-order valence-electron chi connectivity index (χ1n) is 6.63. The Bertz CT molecular complexity index is 551. The molecule has 21 heavy (non-hydrogen) atoms. The normalized spacial score (nSPS) is 13.3. The molecule has 4 nitrogen and oxygen atoms in total. The van der Waals surface area contributed by atoms with Crippen molar-refractivity contribution in [2.45, 2.75) is 25.1 Å². The summed E-state index contributed by atoms with van der Waals surface area (Å²) in [5, 5.41) is 7.04. The molecule has 2 aromatic rings. The smallest absolute Gasteiger partial charge is 0.309 e. The average Bonchev–Trinajstić information content (AvgIpc) is 2.83. The second-order valence-corrected chi connectivity index (χ2v) is 4.82. The van der Waals surface area contributed by atoms with Crippen LogP contribution in [-0.2, 0) is 13.5 Å². The molecular weight excluding hydrogens is 281 g/mol. The van der Waals surface area contributed by atoms with E-state index in [0.29, 0.717) is 24.4 Å². The lowest BCUT2D eigenvalue weighted by Crippen LogP contribution is -2.28. The molecule has 114 valence electrons. The van der Waals surface area contributed by atoms with Gasteiger partial charge in [-0.3, -0.25) is 4.68 Å². The van der Waals surface area contributed by atoms with Gasteiger partial charge in [-0.15, -0.1) is 0 Å². The van der Waals surface area contributed by atoms with Gasteiger partial charge in [0.25, 0.3) is 0 Å². The van der Waals surface area contributed by atoms with Crippen molar-refractivity contribution >= 4 is 0 Å². The van der Waals surface area contributed by atoms with Gasteiger partial charge in [-0.25, -0.2) is 4.98 Å². The van der Waals surface area contributed by atoms with E-state index in [2.05, 4.69) is 15.4 Å². The lowest BCUT2D eigenvalue weighted by Gasteiger charge is -2.20. The summed E-state index contributed by atoms with van der Waals surface area (Å²) in [5.41, 5.74) is 0.629. The Balaban J connectivity index is 1.96. The topological polar surface area (TPSA) is 42.7 Å². The number of alkyl halides is 3. The summed E-state index contributed by atoms with van der Waals surface area (Å²) >= 11 is 0. The largest absolute Gasteiger partial charge is 0.390 e. The second kappa shape index (κ2) is 6.71. The highest BCUT2D eigenvalue weighted by Crippen LogP contribution is 2.29. The third-order valence-electron chi connectivity index (χ3n) is 3.02. The highest BCUT2D eigenvalue weighted by atomic mass is 19.4. The van der Waals surface area contributed by atoms with Crippen LogP contribution in [0.1, 0.15) is 23.9 Å². The van der Waals surface area contributed by atoms with Crippen molar-refractivity contribution in [3.63, 3.8) is 0 Å². The monoisotopic (exact) mass is 298 g/mol. The Kier molecular flexibility index (Phi) is 4.95. The van der Waals surface area contributed by atoms with Crippen LogP contribution < -0.4 is 5.32 Å². The molecule has 1 unspecified atom stereocenters. The summed E-state index contributed by atoms with van der Waals surface area (Å²) in [6.07, 6.45) is -3.05. The maximum atomic E-state index is 12.7. The molecule has 0 saturated heterocycles. The number of halogens is 3. The summed E-state index contributed by atoms with van der Waals surface area (Å²) in [6.45, 7) is 0.389. The quantitative estimate of drug-likeness (QED) is 0.891. The first-order valence-corrected chi connectivity index (χ1v) is 6.63. The third kappa shape index (κ3) is 5.18. The summed E-state index contributed by atoms with van der Waals surface area (Å²) in [5.74, 6) is 0.615. The highest BCUT2D eigenvalue weighted by molar-refractivity contribution is 5.19. The van der Waals surface area contributed by atoms with Crippen LogP contribution in [0.5, 0.6) is 0 Å². The predicted molar refractivity (Wildman–Crippen MR) is 72.6 cm³/mol. The fourth-order valence-electron chi connectivity index (χ4n) is 2.08. The van der Waals surface area contributed by atoms with Gasteiger partial charge in [0, 0.05) is 26.1 Å². The molecule has 0 fully saturated rings. The van der Waals surface area contributed by atoms with E-state index in [-0.39, 0.29) is 0 Å². The van der Waals surface area contributed by atoms with Crippen LogP contribution in [0.3, 0.4) is 0 Å². The maximum Gasteiger partial charge on any atom is 0.390 e. The molecule has 0 radical (unpaired) electrons. The molecule has 1 aromatic carbocycles. The summed E-state index contributed by atoms with van der Waals surface area (Å²) in [7, 11) is 1.75. The molecule has 2 rings (SSSR count). The first-order chi connectivity index (χ1) is 9.94. The van der Waals surface area contributed by atoms with Gasteiger partial charge in [-0.2, -0.15) is 18.3 Å². The zero-order chi connectivity index (χ0) is 15.3. The lowest BCUT2D eigenvalue weighted by molar-refractivity contribution is -0.140. The minimum absolute atomic E-state index is 0.389. The Morgan fingerprint density at radius 1 is 1.24 bits per heavy atom. The van der Waals surface area contributed by atoms with Gasteiger partial charge in [0.15, 0.2) is 5.82 Å². The van der Waals surface area contributed by atoms with Crippen molar-refractivity contribution in [1.29, 1.82) is 0 Å². The van der Waals surface area contributed by atoms with Crippen molar-refractivity contribution in [3.05, 3.63) is 48.0 Å². The van der Waals surface area contributed by atoms with Gasteiger partial charge in [0.05, 0.1) is 6.42 Å². The Morgan fingerprint density at radius 2 is 1.95 bits per heavy atom. The van der Waals surface area contributed by atoms with Gasteiger partial charge < -0.3 is 5.32 Å². The van der Waals surface area contributed by atoms with E-state index in [1.807, 2.05) is 0 Å². The van der Waals surface area contributed by atoms with Gasteiger partial charge in [-0.1, -0.05) is 30.3 Å². The van der Waals surface area contributed by atoms with E-state index in [0.717, 1.165) is 0 Å². The van der Waals surface area contributed by atoms with Crippen LogP contribution >= 0.6 is 0 Å².